The van der Waals surface area contributed by atoms with Crippen LogP contribution in [0.15, 0.2) is 5.38 Å². The van der Waals surface area contributed by atoms with Crippen LogP contribution in [0.25, 0.3) is 0 Å². The third-order valence-corrected chi connectivity index (χ3v) is 3.77. The van der Waals surface area contributed by atoms with E-state index in [2.05, 4.69) is 36.5 Å². The van der Waals surface area contributed by atoms with Gasteiger partial charge in [-0.25, -0.2) is 4.98 Å². The van der Waals surface area contributed by atoms with Gasteiger partial charge in [-0.1, -0.05) is 20.8 Å². The second kappa shape index (κ2) is 6.61. The largest absolute Gasteiger partial charge is 0.390 e. The van der Waals surface area contributed by atoms with Crippen LogP contribution in [0.3, 0.4) is 0 Å². The molecule has 0 aliphatic heterocycles. The molecule has 1 unspecified atom stereocenters. The van der Waals surface area contributed by atoms with Gasteiger partial charge in [0.2, 0.25) is 0 Å². The van der Waals surface area contributed by atoms with Crippen LogP contribution >= 0.6 is 11.3 Å². The number of nitrogens with one attached hydrogen (secondary N) is 1. The number of aliphatic hydroxyl groups is 1. The summed E-state index contributed by atoms with van der Waals surface area (Å²) in [6.45, 7) is 8.51. The Morgan fingerprint density at radius 2 is 2.11 bits per heavy atom. The van der Waals surface area contributed by atoms with E-state index in [1.165, 1.54) is 0 Å². The molecule has 1 atom stereocenters. The Labute approximate surface area is 114 Å². The molecule has 4 nitrogen and oxygen atoms in total. The van der Waals surface area contributed by atoms with Gasteiger partial charge in [0, 0.05) is 30.4 Å². The van der Waals surface area contributed by atoms with Crippen molar-refractivity contribution < 1.29 is 5.11 Å². The van der Waals surface area contributed by atoms with Crippen molar-refractivity contribution in [3.63, 3.8) is 0 Å². The lowest BCUT2D eigenvalue weighted by Gasteiger charge is -2.16. The Balaban J connectivity index is 2.34. The fraction of sp³-hybridized carbons (Fsp3) is 0.769. The average molecular weight is 271 g/mol. The monoisotopic (exact) mass is 271 g/mol. The molecule has 1 aromatic rings. The molecule has 0 saturated carbocycles. The number of hydrogen-bond acceptors (Lipinski definition) is 5. The SMILES string of the molecule is CN(C)CC(O)CNCc1csc(C(C)(C)C)n1. The third kappa shape index (κ3) is 5.44. The minimum absolute atomic E-state index is 0.118. The van der Waals surface area contributed by atoms with E-state index in [1.54, 1.807) is 11.3 Å². The van der Waals surface area contributed by atoms with Crippen molar-refractivity contribution in [1.29, 1.82) is 0 Å². The third-order valence-electron chi connectivity index (χ3n) is 2.46. The van der Waals surface area contributed by atoms with Crippen molar-refractivity contribution >= 4 is 11.3 Å². The van der Waals surface area contributed by atoms with E-state index in [4.69, 9.17) is 0 Å². The Bertz CT molecular complexity index is 357. The first-order chi connectivity index (χ1) is 8.29. The molecule has 104 valence electrons. The zero-order valence-corrected chi connectivity index (χ0v) is 12.8. The van der Waals surface area contributed by atoms with Crippen LogP contribution in [0.4, 0.5) is 0 Å². The van der Waals surface area contributed by atoms with Gasteiger partial charge in [-0.3, -0.25) is 0 Å². The summed E-state index contributed by atoms with van der Waals surface area (Å²) in [7, 11) is 3.92. The molecule has 0 aliphatic rings. The van der Waals surface area contributed by atoms with Crippen LogP contribution in [0, 0.1) is 0 Å². The summed E-state index contributed by atoms with van der Waals surface area (Å²) in [6, 6.07) is 0. The minimum atomic E-state index is -0.333. The van der Waals surface area contributed by atoms with Gasteiger partial charge < -0.3 is 15.3 Å². The number of aromatic nitrogens is 1. The highest BCUT2D eigenvalue weighted by Gasteiger charge is 2.17. The van der Waals surface area contributed by atoms with Crippen LogP contribution in [0.1, 0.15) is 31.5 Å². The summed E-state index contributed by atoms with van der Waals surface area (Å²) in [5.74, 6) is 0. The second-order valence-electron chi connectivity index (χ2n) is 5.94. The van der Waals surface area contributed by atoms with E-state index in [0.717, 1.165) is 17.2 Å². The number of hydrogen-bond donors (Lipinski definition) is 2. The van der Waals surface area contributed by atoms with Crippen LogP contribution in [-0.4, -0.2) is 48.3 Å². The highest BCUT2D eigenvalue weighted by molar-refractivity contribution is 7.09. The second-order valence-corrected chi connectivity index (χ2v) is 6.80. The highest BCUT2D eigenvalue weighted by Crippen LogP contribution is 2.25. The predicted octanol–water partition coefficient (Wildman–Crippen LogP) is 1.45. The maximum Gasteiger partial charge on any atom is 0.0982 e. The van der Waals surface area contributed by atoms with Crippen molar-refractivity contribution in [2.75, 3.05) is 27.2 Å². The van der Waals surface area contributed by atoms with E-state index in [-0.39, 0.29) is 11.5 Å². The lowest BCUT2D eigenvalue weighted by molar-refractivity contribution is 0.134. The summed E-state index contributed by atoms with van der Waals surface area (Å²) in [5, 5.41) is 16.2. The van der Waals surface area contributed by atoms with Gasteiger partial charge in [0.25, 0.3) is 0 Å². The van der Waals surface area contributed by atoms with Gasteiger partial charge in [0.1, 0.15) is 0 Å². The molecular weight excluding hydrogens is 246 g/mol. The van der Waals surface area contributed by atoms with E-state index in [9.17, 15) is 5.11 Å². The van der Waals surface area contributed by atoms with E-state index >= 15 is 0 Å². The fourth-order valence-electron chi connectivity index (χ4n) is 1.59. The number of likely N-dealkylation sites (N-methyl/N-ethyl adjacent to an activating group) is 1. The Hall–Kier alpha value is -0.490. The molecule has 0 amide bonds. The molecule has 2 N–H and O–H groups in total. The normalized spacial score (nSPS) is 14.2. The number of aliphatic hydroxyl groups excluding tert-OH is 1. The maximum atomic E-state index is 9.71. The Morgan fingerprint density at radius 3 is 2.61 bits per heavy atom. The van der Waals surface area contributed by atoms with Gasteiger partial charge >= 0.3 is 0 Å². The molecule has 18 heavy (non-hydrogen) atoms. The quantitative estimate of drug-likeness (QED) is 0.822. The van der Waals surface area contributed by atoms with Crippen LogP contribution in [0.2, 0.25) is 0 Å². The first kappa shape index (κ1) is 15.6. The number of thiazole rings is 1. The zero-order chi connectivity index (χ0) is 13.8. The smallest absolute Gasteiger partial charge is 0.0982 e. The van der Waals surface area contributed by atoms with E-state index in [1.807, 2.05) is 19.0 Å². The first-order valence-corrected chi connectivity index (χ1v) is 7.15. The zero-order valence-electron chi connectivity index (χ0n) is 12.0. The molecule has 1 heterocycles. The summed E-state index contributed by atoms with van der Waals surface area (Å²) in [5.41, 5.74) is 1.18. The van der Waals surface area contributed by atoms with Crippen LogP contribution in [0.5, 0.6) is 0 Å². The molecule has 1 rings (SSSR count). The first-order valence-electron chi connectivity index (χ1n) is 6.27. The van der Waals surface area contributed by atoms with Crippen LogP contribution in [-0.2, 0) is 12.0 Å². The Morgan fingerprint density at radius 1 is 1.44 bits per heavy atom. The van der Waals surface area contributed by atoms with Crippen LogP contribution < -0.4 is 5.32 Å². The number of rotatable bonds is 6. The Kier molecular flexibility index (Phi) is 5.72. The summed E-state index contributed by atoms with van der Waals surface area (Å²) >= 11 is 1.70. The fourth-order valence-corrected chi connectivity index (χ4v) is 2.49. The average Bonchev–Trinajstić information content (AvgIpc) is 2.64. The standard InChI is InChI=1S/C13H25N3OS/c1-13(2,3)12-15-10(9-18-12)6-14-7-11(17)8-16(4)5/h9,11,14,17H,6-8H2,1-5H3. The molecule has 0 spiro atoms. The predicted molar refractivity (Wildman–Crippen MR) is 77.1 cm³/mol. The lowest BCUT2D eigenvalue weighted by Crippen LogP contribution is -2.34. The van der Waals surface area contributed by atoms with Crippen molar-refractivity contribution in [1.82, 2.24) is 15.2 Å². The highest BCUT2D eigenvalue weighted by atomic mass is 32.1. The molecule has 1 aromatic heterocycles. The van der Waals surface area contributed by atoms with Gasteiger partial charge in [-0.05, 0) is 14.1 Å². The summed E-state index contributed by atoms with van der Waals surface area (Å²) < 4.78 is 0. The molecule has 0 aromatic carbocycles. The topological polar surface area (TPSA) is 48.4 Å². The van der Waals surface area contributed by atoms with Gasteiger partial charge in [0.05, 0.1) is 16.8 Å². The molecule has 0 aliphatic carbocycles. The molecule has 0 radical (unpaired) electrons. The summed E-state index contributed by atoms with van der Waals surface area (Å²) in [6.07, 6.45) is -0.333. The minimum Gasteiger partial charge on any atom is -0.390 e. The summed E-state index contributed by atoms with van der Waals surface area (Å²) in [4.78, 5) is 6.58. The molecular formula is C13H25N3OS. The molecule has 0 bridgehead atoms. The van der Waals surface area contributed by atoms with Crippen molar-refractivity contribution in [2.45, 2.75) is 38.8 Å². The van der Waals surface area contributed by atoms with Gasteiger partial charge in [-0.2, -0.15) is 0 Å². The number of nitrogens with zero attached hydrogens (tertiary/aromatic N) is 2. The van der Waals surface area contributed by atoms with Gasteiger partial charge in [-0.15, -0.1) is 11.3 Å². The van der Waals surface area contributed by atoms with Gasteiger partial charge in [0.15, 0.2) is 0 Å². The van der Waals surface area contributed by atoms with E-state index < -0.39 is 0 Å². The molecule has 0 saturated heterocycles. The van der Waals surface area contributed by atoms with E-state index in [0.29, 0.717) is 13.1 Å². The lowest BCUT2D eigenvalue weighted by atomic mass is 9.98. The molecule has 0 fully saturated rings. The van der Waals surface area contributed by atoms with Crippen molar-refractivity contribution in [3.8, 4) is 0 Å². The maximum absolute atomic E-state index is 9.71. The van der Waals surface area contributed by atoms with Crippen molar-refractivity contribution in [3.05, 3.63) is 16.1 Å². The molecule has 5 heteroatoms. The van der Waals surface area contributed by atoms with Crippen molar-refractivity contribution in [2.24, 2.45) is 0 Å².